The molecule has 0 aromatic heterocycles. The van der Waals surface area contributed by atoms with Crippen molar-refractivity contribution in [3.8, 4) is 17.6 Å². The lowest BCUT2D eigenvalue weighted by atomic mass is 10.1. The first-order chi connectivity index (χ1) is 7.11. The Kier molecular flexibility index (Phi) is 3.98. The fourth-order valence-electron chi connectivity index (χ4n) is 1.45. The molecule has 1 rings (SSSR count). The Bertz CT molecular complexity index is 410. The highest BCUT2D eigenvalue weighted by molar-refractivity contribution is 9.10. The van der Waals surface area contributed by atoms with Crippen molar-refractivity contribution in [1.82, 2.24) is 0 Å². The van der Waals surface area contributed by atoms with Crippen molar-refractivity contribution >= 4 is 15.9 Å². The summed E-state index contributed by atoms with van der Waals surface area (Å²) in [6.45, 7) is 1.90. The van der Waals surface area contributed by atoms with E-state index in [0.717, 1.165) is 11.1 Å². The second-order valence-electron chi connectivity index (χ2n) is 3.21. The van der Waals surface area contributed by atoms with Crippen LogP contribution in [0.1, 0.15) is 17.5 Å². The molecule has 1 aromatic carbocycles. The van der Waals surface area contributed by atoms with Crippen molar-refractivity contribution in [2.24, 2.45) is 0 Å². The van der Waals surface area contributed by atoms with Crippen LogP contribution in [0.5, 0.6) is 11.5 Å². The standard InChI is InChI=1S/C11H12BrNO2/c1-7-6-8(4-3-5-13)10(14)9(12)11(7)15-2/h6,14H,3-4H2,1-2H3. The van der Waals surface area contributed by atoms with Crippen LogP contribution in [0.15, 0.2) is 10.5 Å². The molecule has 1 aromatic rings. The predicted octanol–water partition coefficient (Wildman–Crippen LogP) is 2.93. The number of halogens is 1. The van der Waals surface area contributed by atoms with E-state index in [1.54, 1.807) is 7.11 Å². The second kappa shape index (κ2) is 5.04. The van der Waals surface area contributed by atoms with Crippen molar-refractivity contribution in [1.29, 1.82) is 5.26 Å². The van der Waals surface area contributed by atoms with Gasteiger partial charge < -0.3 is 9.84 Å². The minimum Gasteiger partial charge on any atom is -0.506 e. The van der Waals surface area contributed by atoms with Crippen LogP contribution < -0.4 is 4.74 Å². The number of nitrogens with zero attached hydrogens (tertiary/aromatic N) is 1. The number of hydrogen-bond acceptors (Lipinski definition) is 3. The molecular weight excluding hydrogens is 258 g/mol. The molecule has 0 amide bonds. The van der Waals surface area contributed by atoms with Gasteiger partial charge in [0.05, 0.1) is 13.2 Å². The molecule has 0 heterocycles. The van der Waals surface area contributed by atoms with E-state index in [-0.39, 0.29) is 5.75 Å². The first-order valence-electron chi connectivity index (χ1n) is 4.53. The van der Waals surface area contributed by atoms with Crippen LogP contribution in [-0.2, 0) is 6.42 Å². The molecule has 15 heavy (non-hydrogen) atoms. The van der Waals surface area contributed by atoms with E-state index in [1.165, 1.54) is 0 Å². The fraction of sp³-hybridized carbons (Fsp3) is 0.364. The Morgan fingerprint density at radius 1 is 1.60 bits per heavy atom. The summed E-state index contributed by atoms with van der Waals surface area (Å²) in [5.74, 6) is 0.793. The zero-order valence-electron chi connectivity index (χ0n) is 8.67. The Hall–Kier alpha value is -1.21. The van der Waals surface area contributed by atoms with Gasteiger partial charge in [-0.15, -0.1) is 0 Å². The number of hydrogen-bond donors (Lipinski definition) is 1. The van der Waals surface area contributed by atoms with Gasteiger partial charge in [-0.25, -0.2) is 0 Å². The molecule has 0 bridgehead atoms. The van der Waals surface area contributed by atoms with Crippen LogP contribution in [0.4, 0.5) is 0 Å². The van der Waals surface area contributed by atoms with Gasteiger partial charge in [0.25, 0.3) is 0 Å². The number of nitriles is 1. The van der Waals surface area contributed by atoms with Crippen molar-refractivity contribution < 1.29 is 9.84 Å². The highest BCUT2D eigenvalue weighted by Gasteiger charge is 2.13. The van der Waals surface area contributed by atoms with Gasteiger partial charge in [0, 0.05) is 6.42 Å². The maximum Gasteiger partial charge on any atom is 0.139 e. The van der Waals surface area contributed by atoms with Crippen LogP contribution in [0.25, 0.3) is 0 Å². The molecule has 0 spiro atoms. The smallest absolute Gasteiger partial charge is 0.139 e. The van der Waals surface area contributed by atoms with E-state index >= 15 is 0 Å². The SMILES string of the molecule is COc1c(C)cc(CCC#N)c(O)c1Br. The molecule has 4 heteroatoms. The van der Waals surface area contributed by atoms with E-state index in [4.69, 9.17) is 10.00 Å². The largest absolute Gasteiger partial charge is 0.506 e. The van der Waals surface area contributed by atoms with Gasteiger partial charge in [0.1, 0.15) is 16.0 Å². The summed E-state index contributed by atoms with van der Waals surface area (Å²) >= 11 is 3.28. The van der Waals surface area contributed by atoms with Gasteiger partial charge in [0.2, 0.25) is 0 Å². The quantitative estimate of drug-likeness (QED) is 0.918. The molecule has 0 saturated carbocycles. The first kappa shape index (κ1) is 11.9. The zero-order chi connectivity index (χ0) is 11.4. The molecule has 0 atom stereocenters. The number of phenolic OH excluding ortho intramolecular Hbond substituents is 1. The van der Waals surface area contributed by atoms with E-state index in [9.17, 15) is 5.11 Å². The Morgan fingerprint density at radius 2 is 2.27 bits per heavy atom. The molecule has 0 saturated heterocycles. The molecule has 3 nitrogen and oxygen atoms in total. The average Bonchev–Trinajstić information content (AvgIpc) is 2.22. The lowest BCUT2D eigenvalue weighted by Gasteiger charge is -2.12. The normalized spacial score (nSPS) is 9.73. The molecule has 80 valence electrons. The minimum atomic E-state index is 0.160. The number of benzene rings is 1. The van der Waals surface area contributed by atoms with Gasteiger partial charge in [-0.1, -0.05) is 0 Å². The second-order valence-corrected chi connectivity index (χ2v) is 4.00. The number of ether oxygens (including phenoxy) is 1. The minimum absolute atomic E-state index is 0.160. The number of phenols is 1. The predicted molar refractivity (Wildman–Crippen MR) is 61.0 cm³/mol. The number of methoxy groups -OCH3 is 1. The highest BCUT2D eigenvalue weighted by Crippen LogP contribution is 2.39. The molecule has 0 unspecified atom stereocenters. The van der Waals surface area contributed by atoms with Gasteiger partial charge in [-0.3, -0.25) is 0 Å². The van der Waals surface area contributed by atoms with Gasteiger partial charge >= 0.3 is 0 Å². The van der Waals surface area contributed by atoms with Crippen LogP contribution in [0.3, 0.4) is 0 Å². The maximum atomic E-state index is 9.82. The number of aryl methyl sites for hydroxylation is 2. The Balaban J connectivity index is 3.17. The van der Waals surface area contributed by atoms with Crippen LogP contribution in [0, 0.1) is 18.3 Å². The number of aromatic hydroxyl groups is 1. The first-order valence-corrected chi connectivity index (χ1v) is 5.33. The summed E-state index contributed by atoms with van der Waals surface area (Å²) in [5, 5.41) is 18.3. The molecule has 0 aliphatic rings. The monoisotopic (exact) mass is 269 g/mol. The van der Waals surface area contributed by atoms with Crippen LogP contribution in [-0.4, -0.2) is 12.2 Å². The Morgan fingerprint density at radius 3 is 2.80 bits per heavy atom. The summed E-state index contributed by atoms with van der Waals surface area (Å²) in [4.78, 5) is 0. The summed E-state index contributed by atoms with van der Waals surface area (Å²) in [6, 6.07) is 3.90. The third-order valence-corrected chi connectivity index (χ3v) is 2.91. The molecular formula is C11H12BrNO2. The molecule has 0 radical (unpaired) electrons. The summed E-state index contributed by atoms with van der Waals surface area (Å²) in [5.41, 5.74) is 1.71. The van der Waals surface area contributed by atoms with Crippen molar-refractivity contribution in [3.05, 3.63) is 21.7 Å². The summed E-state index contributed by atoms with van der Waals surface area (Å²) < 4.78 is 5.70. The average molecular weight is 270 g/mol. The summed E-state index contributed by atoms with van der Waals surface area (Å²) in [6.07, 6.45) is 0.942. The molecule has 0 fully saturated rings. The van der Waals surface area contributed by atoms with Crippen LogP contribution >= 0.6 is 15.9 Å². The molecule has 0 aliphatic heterocycles. The maximum absolute atomic E-state index is 9.82. The van der Waals surface area contributed by atoms with Crippen LogP contribution in [0.2, 0.25) is 0 Å². The van der Waals surface area contributed by atoms with E-state index in [2.05, 4.69) is 22.0 Å². The van der Waals surface area contributed by atoms with E-state index in [0.29, 0.717) is 23.1 Å². The third-order valence-electron chi connectivity index (χ3n) is 2.17. The van der Waals surface area contributed by atoms with E-state index < -0.39 is 0 Å². The zero-order valence-corrected chi connectivity index (χ0v) is 10.3. The highest BCUT2D eigenvalue weighted by atomic mass is 79.9. The van der Waals surface area contributed by atoms with Crippen molar-refractivity contribution in [3.63, 3.8) is 0 Å². The molecule has 0 aliphatic carbocycles. The third kappa shape index (κ3) is 2.42. The summed E-state index contributed by atoms with van der Waals surface area (Å²) in [7, 11) is 1.56. The van der Waals surface area contributed by atoms with Gasteiger partial charge in [-0.2, -0.15) is 5.26 Å². The van der Waals surface area contributed by atoms with Gasteiger partial charge in [0.15, 0.2) is 0 Å². The van der Waals surface area contributed by atoms with Crippen molar-refractivity contribution in [2.45, 2.75) is 19.8 Å². The lowest BCUT2D eigenvalue weighted by molar-refractivity contribution is 0.399. The van der Waals surface area contributed by atoms with E-state index in [1.807, 2.05) is 13.0 Å². The molecule has 1 N–H and O–H groups in total. The van der Waals surface area contributed by atoms with Gasteiger partial charge in [-0.05, 0) is 46.5 Å². The topological polar surface area (TPSA) is 53.2 Å². The van der Waals surface area contributed by atoms with Crippen molar-refractivity contribution in [2.75, 3.05) is 7.11 Å². The fourth-order valence-corrected chi connectivity index (χ4v) is 2.18. The Labute approximate surface area is 97.4 Å². The lowest BCUT2D eigenvalue weighted by Crippen LogP contribution is -1.93. The number of rotatable bonds is 3.